The summed E-state index contributed by atoms with van der Waals surface area (Å²) in [5.41, 5.74) is 2.69. The van der Waals surface area contributed by atoms with E-state index in [4.69, 9.17) is 4.74 Å². The topological polar surface area (TPSA) is 120 Å². The average molecular weight is 665 g/mol. The van der Waals surface area contributed by atoms with Crippen LogP contribution >= 0.6 is 0 Å². The van der Waals surface area contributed by atoms with Gasteiger partial charge in [-0.05, 0) is 100 Å². The molecule has 3 aliphatic rings. The summed E-state index contributed by atoms with van der Waals surface area (Å²) < 4.78 is 59.8. The lowest BCUT2D eigenvalue weighted by atomic mass is 10.0. The quantitative estimate of drug-likeness (QED) is 0.223. The number of H-pyrrole nitrogens is 1. The van der Waals surface area contributed by atoms with E-state index in [9.17, 15) is 22.0 Å². The predicted molar refractivity (Wildman–Crippen MR) is 176 cm³/mol. The van der Waals surface area contributed by atoms with Crippen molar-refractivity contribution in [2.45, 2.75) is 60.4 Å². The largest absolute Gasteiger partial charge is 0.381 e. The van der Waals surface area contributed by atoms with Crippen LogP contribution in [0.5, 0.6) is 0 Å². The fourth-order valence-corrected chi connectivity index (χ4v) is 8.28. The summed E-state index contributed by atoms with van der Waals surface area (Å²) in [4.78, 5) is 18.1. The van der Waals surface area contributed by atoms with E-state index in [-0.39, 0.29) is 16.8 Å². The number of carbonyl (C=O) groups is 1. The van der Waals surface area contributed by atoms with Crippen molar-refractivity contribution in [1.82, 2.24) is 15.1 Å². The van der Waals surface area contributed by atoms with Crippen LogP contribution in [0.3, 0.4) is 0 Å². The molecule has 4 heterocycles. The minimum Gasteiger partial charge on any atom is -0.381 e. The molecule has 0 unspecified atom stereocenters. The van der Waals surface area contributed by atoms with Crippen LogP contribution in [0.4, 0.5) is 26.0 Å². The summed E-state index contributed by atoms with van der Waals surface area (Å²) in [5.74, 6) is -2.27. The highest BCUT2D eigenvalue weighted by atomic mass is 32.2. The van der Waals surface area contributed by atoms with E-state index in [0.29, 0.717) is 47.5 Å². The molecule has 0 radical (unpaired) electrons. The molecule has 0 spiro atoms. The standard InChI is InChI=1S/C34H38F2N6O4S/c35-22-17-23(36)19-28(18-22)47(44,45)27-4-6-31-30(21-27)33(40-39-31)38-34(43)29-5-3-26(20-32(29)37-24-9-15-46-16-10-24)42-13-7-25(8-14-42)41-11-1-2-12-41/h3-6,17-21,24-25,37H,1-2,7-16H2,(H2,38,39,40,43). The maximum absolute atomic E-state index is 13.8. The first-order valence-corrected chi connectivity index (χ1v) is 17.7. The number of anilines is 3. The number of ether oxygens (including phenoxy) is 1. The maximum atomic E-state index is 13.8. The number of sulfone groups is 1. The maximum Gasteiger partial charge on any atom is 0.258 e. The lowest BCUT2D eigenvalue weighted by molar-refractivity contribution is 0.0904. The Bertz CT molecular complexity index is 1860. The molecule has 1 amide bonds. The number of rotatable bonds is 8. The van der Waals surface area contributed by atoms with Crippen LogP contribution in [0.1, 0.15) is 48.9 Å². The summed E-state index contributed by atoms with van der Waals surface area (Å²) in [6.45, 7) is 5.60. The van der Waals surface area contributed by atoms with Crippen molar-refractivity contribution in [3.05, 3.63) is 71.8 Å². The lowest BCUT2D eigenvalue weighted by Gasteiger charge is -2.38. The molecular formula is C34H38F2N6O4S. The molecule has 0 aliphatic carbocycles. The molecular weight excluding hydrogens is 626 g/mol. The molecule has 7 rings (SSSR count). The van der Waals surface area contributed by atoms with Crippen LogP contribution in [0.2, 0.25) is 0 Å². The molecule has 4 aromatic rings. The van der Waals surface area contributed by atoms with Crippen molar-refractivity contribution in [2.24, 2.45) is 0 Å². The number of halogens is 2. The number of hydrogen-bond donors (Lipinski definition) is 3. The van der Waals surface area contributed by atoms with Gasteiger partial charge in [-0.3, -0.25) is 9.89 Å². The van der Waals surface area contributed by atoms with Gasteiger partial charge in [-0.15, -0.1) is 0 Å². The molecule has 47 heavy (non-hydrogen) atoms. The third-order valence-electron chi connectivity index (χ3n) is 9.54. The van der Waals surface area contributed by atoms with Gasteiger partial charge in [-0.25, -0.2) is 17.2 Å². The number of benzene rings is 3. The number of amides is 1. The van der Waals surface area contributed by atoms with Gasteiger partial charge in [0.2, 0.25) is 9.84 Å². The molecule has 0 bridgehead atoms. The third kappa shape index (κ3) is 6.69. The summed E-state index contributed by atoms with van der Waals surface area (Å²) in [6.07, 6.45) is 6.45. The van der Waals surface area contributed by atoms with Gasteiger partial charge < -0.3 is 25.2 Å². The second-order valence-corrected chi connectivity index (χ2v) is 14.5. The van der Waals surface area contributed by atoms with Crippen molar-refractivity contribution in [3.63, 3.8) is 0 Å². The molecule has 1 aromatic heterocycles. The molecule has 0 atom stereocenters. The Morgan fingerprint density at radius 1 is 0.872 bits per heavy atom. The smallest absolute Gasteiger partial charge is 0.258 e. The minimum atomic E-state index is -4.26. The predicted octanol–water partition coefficient (Wildman–Crippen LogP) is 5.58. The van der Waals surface area contributed by atoms with E-state index in [2.05, 4.69) is 30.6 Å². The first-order valence-electron chi connectivity index (χ1n) is 16.2. The van der Waals surface area contributed by atoms with Crippen molar-refractivity contribution in [3.8, 4) is 0 Å². The summed E-state index contributed by atoms with van der Waals surface area (Å²) >= 11 is 0. The number of piperidine rings is 1. The van der Waals surface area contributed by atoms with E-state index in [1.807, 2.05) is 18.2 Å². The van der Waals surface area contributed by atoms with E-state index < -0.39 is 32.3 Å². The van der Waals surface area contributed by atoms with Crippen molar-refractivity contribution in [1.29, 1.82) is 0 Å². The molecule has 0 saturated carbocycles. The molecule has 10 nitrogen and oxygen atoms in total. The Balaban J connectivity index is 1.14. The normalized spacial score (nSPS) is 18.6. The fourth-order valence-electron chi connectivity index (χ4n) is 6.95. The Labute approximate surface area is 272 Å². The van der Waals surface area contributed by atoms with Gasteiger partial charge in [-0.1, -0.05) is 0 Å². The second kappa shape index (κ2) is 13.2. The number of aromatic amines is 1. The number of carbonyl (C=O) groups excluding carboxylic acids is 1. The lowest BCUT2D eigenvalue weighted by Crippen LogP contribution is -2.43. The zero-order valence-electron chi connectivity index (χ0n) is 26.0. The van der Waals surface area contributed by atoms with Gasteiger partial charge in [0.15, 0.2) is 5.82 Å². The first-order chi connectivity index (χ1) is 22.7. The number of fused-ring (bicyclic) bond motifs is 1. The van der Waals surface area contributed by atoms with Crippen LogP contribution < -0.4 is 15.5 Å². The number of nitrogens with zero attached hydrogens (tertiary/aromatic N) is 3. The van der Waals surface area contributed by atoms with Crippen LogP contribution in [0, 0.1) is 11.6 Å². The van der Waals surface area contributed by atoms with Crippen LogP contribution in [0.25, 0.3) is 10.9 Å². The van der Waals surface area contributed by atoms with Gasteiger partial charge in [-0.2, -0.15) is 5.10 Å². The highest BCUT2D eigenvalue weighted by molar-refractivity contribution is 7.91. The Kier molecular flexibility index (Phi) is 8.86. The summed E-state index contributed by atoms with van der Waals surface area (Å²) in [7, 11) is -4.26. The molecule has 3 aromatic carbocycles. The van der Waals surface area contributed by atoms with Gasteiger partial charge in [0.1, 0.15) is 11.6 Å². The minimum absolute atomic E-state index is 0.137. The summed E-state index contributed by atoms with van der Waals surface area (Å²) in [6, 6.07) is 12.9. The van der Waals surface area contributed by atoms with E-state index in [1.54, 1.807) is 0 Å². The zero-order chi connectivity index (χ0) is 32.5. The van der Waals surface area contributed by atoms with Crippen molar-refractivity contribution < 1.29 is 26.7 Å². The number of likely N-dealkylation sites (tertiary alicyclic amines) is 1. The molecule has 3 aliphatic heterocycles. The first kappa shape index (κ1) is 31.5. The fraction of sp³-hybridized carbons (Fsp3) is 0.412. The van der Waals surface area contributed by atoms with Gasteiger partial charge in [0, 0.05) is 61.2 Å². The van der Waals surface area contributed by atoms with Gasteiger partial charge in [0.05, 0.1) is 20.9 Å². The molecule has 248 valence electrons. The Morgan fingerprint density at radius 2 is 1.60 bits per heavy atom. The Hall–Kier alpha value is -4.07. The number of nitrogens with one attached hydrogen (secondary N) is 3. The molecule has 3 saturated heterocycles. The highest BCUT2D eigenvalue weighted by Gasteiger charge is 2.28. The van der Waals surface area contributed by atoms with Gasteiger partial charge >= 0.3 is 0 Å². The molecule has 3 fully saturated rings. The molecule has 13 heteroatoms. The molecule has 3 N–H and O–H groups in total. The number of hydrogen-bond acceptors (Lipinski definition) is 8. The Morgan fingerprint density at radius 3 is 2.32 bits per heavy atom. The van der Waals surface area contributed by atoms with E-state index >= 15 is 0 Å². The van der Waals surface area contributed by atoms with Crippen LogP contribution in [-0.2, 0) is 14.6 Å². The monoisotopic (exact) mass is 664 g/mol. The van der Waals surface area contributed by atoms with E-state index in [1.165, 1.54) is 44.1 Å². The van der Waals surface area contributed by atoms with Crippen LogP contribution in [0.15, 0.2) is 64.4 Å². The zero-order valence-corrected chi connectivity index (χ0v) is 26.8. The van der Waals surface area contributed by atoms with Gasteiger partial charge in [0.25, 0.3) is 5.91 Å². The number of aromatic nitrogens is 2. The van der Waals surface area contributed by atoms with Crippen molar-refractivity contribution in [2.75, 3.05) is 54.9 Å². The average Bonchev–Trinajstić information content (AvgIpc) is 3.76. The van der Waals surface area contributed by atoms with Crippen molar-refractivity contribution >= 4 is 43.8 Å². The second-order valence-electron chi connectivity index (χ2n) is 12.6. The van der Waals surface area contributed by atoms with Crippen LogP contribution in [-0.4, -0.2) is 80.9 Å². The van der Waals surface area contributed by atoms with E-state index in [0.717, 1.165) is 56.6 Å². The highest BCUT2D eigenvalue weighted by Crippen LogP contribution is 2.32. The summed E-state index contributed by atoms with van der Waals surface area (Å²) in [5, 5.41) is 13.8. The third-order valence-corrected chi connectivity index (χ3v) is 11.3. The SMILES string of the molecule is O=C(Nc1n[nH]c2ccc(S(=O)(=O)c3cc(F)cc(F)c3)cc12)c1ccc(N2CCC(N3CCCC3)CC2)cc1NC1CCOCC1.